The molecule has 2 fully saturated rings. The number of alkyl halides is 1. The molecule has 1 aromatic heterocycles. The number of carbonyl (C=O) groups excluding carboxylic acids is 1. The molecule has 8 heteroatoms. The third-order valence-corrected chi connectivity index (χ3v) is 9.69. The molecule has 3 aromatic rings. The fourth-order valence-corrected chi connectivity index (χ4v) is 7.62. The summed E-state index contributed by atoms with van der Waals surface area (Å²) in [6.45, 7) is 5.21. The first-order chi connectivity index (χ1) is 17.5. The lowest BCUT2D eigenvalue weighted by Gasteiger charge is -2.44. The van der Waals surface area contributed by atoms with Gasteiger partial charge in [0.15, 0.2) is 5.67 Å². The van der Waals surface area contributed by atoms with Gasteiger partial charge in [-0.05, 0) is 44.0 Å². The molecule has 0 atom stereocenters. The van der Waals surface area contributed by atoms with Gasteiger partial charge in [0.2, 0.25) is 0 Å². The van der Waals surface area contributed by atoms with Crippen molar-refractivity contribution in [2.75, 3.05) is 31.1 Å². The normalized spacial score (nSPS) is 20.2. The maximum absolute atomic E-state index is 15.9. The van der Waals surface area contributed by atoms with Crippen LogP contribution < -0.4 is 4.90 Å². The highest BCUT2D eigenvalue weighted by atomic mass is 32.2. The van der Waals surface area contributed by atoms with Gasteiger partial charge in [0.25, 0.3) is 5.91 Å². The molecule has 2 aromatic carbocycles. The van der Waals surface area contributed by atoms with Crippen LogP contribution in [0.4, 0.5) is 15.8 Å². The van der Waals surface area contributed by atoms with E-state index in [1.807, 2.05) is 24.9 Å². The number of amides is 1. The van der Waals surface area contributed by atoms with E-state index in [1.54, 1.807) is 16.2 Å². The Morgan fingerprint density at radius 1 is 1.00 bits per heavy atom. The SMILES string of the molecule is Cc1ncc(CN2CCC(F)(C(=O)N3CCC(N4c5ccccc5Sc5ccccc54)CC3)CC2)s1. The number of piperidine rings is 2. The molecule has 6 rings (SSSR count). The highest BCUT2D eigenvalue weighted by molar-refractivity contribution is 7.99. The molecule has 0 unspecified atom stereocenters. The smallest absolute Gasteiger partial charge is 0.260 e. The second-order valence-corrected chi connectivity index (χ2v) is 12.4. The summed E-state index contributed by atoms with van der Waals surface area (Å²) in [5.41, 5.74) is 0.723. The summed E-state index contributed by atoms with van der Waals surface area (Å²) in [5.74, 6) is -0.302. The minimum absolute atomic E-state index is 0.271. The van der Waals surface area contributed by atoms with Gasteiger partial charge in [0.05, 0.1) is 16.4 Å². The van der Waals surface area contributed by atoms with Crippen molar-refractivity contribution in [1.82, 2.24) is 14.8 Å². The summed E-state index contributed by atoms with van der Waals surface area (Å²) in [5, 5.41) is 1.05. The average Bonchev–Trinajstić information content (AvgIpc) is 3.32. The van der Waals surface area contributed by atoms with Crippen molar-refractivity contribution in [3.63, 3.8) is 0 Å². The minimum atomic E-state index is -1.74. The molecule has 2 saturated heterocycles. The number of hydrogen-bond acceptors (Lipinski definition) is 6. The van der Waals surface area contributed by atoms with E-state index in [1.165, 1.54) is 26.0 Å². The highest BCUT2D eigenvalue weighted by Crippen LogP contribution is 2.49. The number of nitrogens with zero attached hydrogens (tertiary/aromatic N) is 4. The topological polar surface area (TPSA) is 39.7 Å². The molecule has 0 saturated carbocycles. The van der Waals surface area contributed by atoms with Crippen LogP contribution in [-0.4, -0.2) is 58.6 Å². The third-order valence-electron chi connectivity index (χ3n) is 7.67. The summed E-state index contributed by atoms with van der Waals surface area (Å²) in [7, 11) is 0. The van der Waals surface area contributed by atoms with Crippen LogP contribution in [0.3, 0.4) is 0 Å². The van der Waals surface area contributed by atoms with E-state index in [0.29, 0.717) is 26.2 Å². The van der Waals surface area contributed by atoms with Gasteiger partial charge < -0.3 is 9.80 Å². The summed E-state index contributed by atoms with van der Waals surface area (Å²) < 4.78 is 15.9. The molecule has 0 radical (unpaired) electrons. The maximum atomic E-state index is 15.9. The van der Waals surface area contributed by atoms with Crippen LogP contribution in [-0.2, 0) is 11.3 Å². The van der Waals surface area contributed by atoms with E-state index in [0.717, 1.165) is 24.4 Å². The highest BCUT2D eigenvalue weighted by Gasteiger charge is 2.45. The first-order valence-electron chi connectivity index (χ1n) is 12.8. The van der Waals surface area contributed by atoms with Crippen molar-refractivity contribution in [2.45, 2.75) is 60.7 Å². The molecule has 3 aliphatic rings. The molecule has 5 nitrogen and oxygen atoms in total. The summed E-state index contributed by atoms with van der Waals surface area (Å²) >= 11 is 3.50. The number of para-hydroxylation sites is 2. The van der Waals surface area contributed by atoms with Crippen molar-refractivity contribution in [3.8, 4) is 0 Å². The quantitative estimate of drug-likeness (QED) is 0.417. The standard InChI is InChI=1S/C28H31FN4OS2/c1-20-30-18-22(35-20)19-31-16-12-28(29,13-17-31)27(34)32-14-10-21(11-15-32)33-23-6-2-4-8-25(23)36-26-9-5-3-7-24(26)33/h2-9,18,21H,10-17,19H2,1H3. The van der Waals surface area contributed by atoms with Gasteiger partial charge in [-0.1, -0.05) is 36.0 Å². The van der Waals surface area contributed by atoms with Crippen molar-refractivity contribution in [3.05, 3.63) is 64.6 Å². The van der Waals surface area contributed by atoms with Crippen LogP contribution in [0.25, 0.3) is 0 Å². The number of carbonyl (C=O) groups is 1. The number of thiazole rings is 1. The van der Waals surface area contributed by atoms with Crippen molar-refractivity contribution in [1.29, 1.82) is 0 Å². The Balaban J connectivity index is 1.10. The number of anilines is 2. The molecule has 188 valence electrons. The second-order valence-electron chi connectivity index (χ2n) is 10.0. The van der Waals surface area contributed by atoms with E-state index in [9.17, 15) is 4.79 Å². The Bertz CT molecular complexity index is 1200. The predicted molar refractivity (Wildman–Crippen MR) is 144 cm³/mol. The number of likely N-dealkylation sites (tertiary alicyclic amines) is 2. The third kappa shape index (κ3) is 4.55. The molecular formula is C28H31FN4OS2. The number of halogens is 1. The van der Waals surface area contributed by atoms with Crippen molar-refractivity contribution in [2.24, 2.45) is 0 Å². The van der Waals surface area contributed by atoms with Gasteiger partial charge >= 0.3 is 0 Å². The molecule has 36 heavy (non-hydrogen) atoms. The zero-order valence-electron chi connectivity index (χ0n) is 20.5. The Morgan fingerprint density at radius 2 is 1.61 bits per heavy atom. The molecule has 0 bridgehead atoms. The van der Waals surface area contributed by atoms with Gasteiger partial charge in [0, 0.05) is 72.5 Å². The largest absolute Gasteiger partial charge is 0.340 e. The zero-order chi connectivity index (χ0) is 24.7. The van der Waals surface area contributed by atoms with Crippen LogP contribution in [0.5, 0.6) is 0 Å². The number of benzene rings is 2. The van der Waals surface area contributed by atoms with Gasteiger partial charge in [-0.3, -0.25) is 9.69 Å². The molecular weight excluding hydrogens is 491 g/mol. The van der Waals surface area contributed by atoms with Gasteiger partial charge in [0.1, 0.15) is 0 Å². The molecule has 0 spiro atoms. The molecule has 0 N–H and O–H groups in total. The summed E-state index contributed by atoms with van der Waals surface area (Å²) in [6.07, 6.45) is 4.13. The molecule has 4 heterocycles. The van der Waals surface area contributed by atoms with E-state index in [-0.39, 0.29) is 24.8 Å². The van der Waals surface area contributed by atoms with E-state index >= 15 is 4.39 Å². The lowest BCUT2D eigenvalue weighted by atomic mass is 9.90. The second kappa shape index (κ2) is 9.80. The maximum Gasteiger partial charge on any atom is 0.260 e. The number of aryl methyl sites for hydroxylation is 1. The lowest BCUT2D eigenvalue weighted by molar-refractivity contribution is -0.148. The molecule has 1 amide bonds. The fraction of sp³-hybridized carbons (Fsp3) is 0.429. The van der Waals surface area contributed by atoms with E-state index < -0.39 is 5.67 Å². The van der Waals surface area contributed by atoms with Gasteiger partial charge in [-0.2, -0.15) is 0 Å². The number of aromatic nitrogens is 1. The van der Waals surface area contributed by atoms with E-state index in [2.05, 4.69) is 63.3 Å². The van der Waals surface area contributed by atoms with Crippen molar-refractivity contribution >= 4 is 40.4 Å². The molecule has 0 aliphatic carbocycles. The molecule has 3 aliphatic heterocycles. The Kier molecular flexibility index (Phi) is 6.52. The van der Waals surface area contributed by atoms with Gasteiger partial charge in [-0.25, -0.2) is 9.37 Å². The number of rotatable bonds is 4. The number of hydrogen-bond donors (Lipinski definition) is 0. The minimum Gasteiger partial charge on any atom is -0.340 e. The monoisotopic (exact) mass is 522 g/mol. The Morgan fingerprint density at radius 3 is 2.19 bits per heavy atom. The first kappa shape index (κ1) is 23.9. The van der Waals surface area contributed by atoms with Crippen LogP contribution in [0.15, 0.2) is 64.5 Å². The number of fused-ring (bicyclic) bond motifs is 2. The van der Waals surface area contributed by atoms with E-state index in [4.69, 9.17) is 0 Å². The fourth-order valence-electron chi connectivity index (χ4n) is 5.72. The summed E-state index contributed by atoms with van der Waals surface area (Å²) in [6, 6.07) is 17.4. The van der Waals surface area contributed by atoms with Crippen molar-refractivity contribution < 1.29 is 9.18 Å². The Labute approximate surface area is 220 Å². The van der Waals surface area contributed by atoms with Crippen LogP contribution in [0, 0.1) is 6.92 Å². The lowest BCUT2D eigenvalue weighted by Crippen LogP contribution is -2.55. The van der Waals surface area contributed by atoms with Crippen LogP contribution >= 0.6 is 23.1 Å². The zero-order valence-corrected chi connectivity index (χ0v) is 22.2. The first-order valence-corrected chi connectivity index (χ1v) is 14.4. The van der Waals surface area contributed by atoms with Gasteiger partial charge in [-0.15, -0.1) is 11.3 Å². The Hall–Kier alpha value is -2.42. The summed E-state index contributed by atoms with van der Waals surface area (Å²) in [4.78, 5) is 27.9. The van der Waals surface area contributed by atoms with Crippen LogP contribution in [0.1, 0.15) is 35.6 Å². The average molecular weight is 523 g/mol. The van der Waals surface area contributed by atoms with Crippen LogP contribution in [0.2, 0.25) is 0 Å². The predicted octanol–water partition coefficient (Wildman–Crippen LogP) is 6.05.